The van der Waals surface area contributed by atoms with E-state index in [9.17, 15) is 21.6 Å². The molecule has 0 radical (unpaired) electrons. The molecule has 3 aromatic heterocycles. The zero-order valence-corrected chi connectivity index (χ0v) is 13.1. The lowest BCUT2D eigenvalue weighted by atomic mass is 10.3. The van der Waals surface area contributed by atoms with Crippen molar-refractivity contribution in [1.82, 2.24) is 19.7 Å². The van der Waals surface area contributed by atoms with Gasteiger partial charge in [0.2, 0.25) is 0 Å². The number of pyridine rings is 1. The van der Waals surface area contributed by atoms with Crippen molar-refractivity contribution < 1.29 is 21.6 Å². The van der Waals surface area contributed by atoms with Crippen molar-refractivity contribution >= 4 is 26.9 Å². The van der Waals surface area contributed by atoms with E-state index in [4.69, 9.17) is 5.26 Å². The van der Waals surface area contributed by atoms with Crippen LogP contribution in [0.4, 0.5) is 19.0 Å². The maximum Gasteiger partial charge on any atom is 0.408 e. The number of hydrogen-bond donors (Lipinski definition) is 2. The number of anilines is 1. The van der Waals surface area contributed by atoms with Crippen molar-refractivity contribution in [2.75, 3.05) is 4.72 Å². The average molecular weight is 370 g/mol. The van der Waals surface area contributed by atoms with Crippen LogP contribution in [0.2, 0.25) is 0 Å². The van der Waals surface area contributed by atoms with Crippen molar-refractivity contribution in [3.63, 3.8) is 0 Å². The number of aromatic nitrogens is 4. The molecule has 2 N–H and O–H groups in total. The number of alkyl halides is 3. The summed E-state index contributed by atoms with van der Waals surface area (Å²) in [5, 5.41) is 12.8. The summed E-state index contributed by atoms with van der Waals surface area (Å²) in [5.41, 5.74) is -0.00299. The van der Waals surface area contributed by atoms with Gasteiger partial charge in [0, 0.05) is 24.0 Å². The van der Waals surface area contributed by atoms with Crippen molar-refractivity contribution in [3.05, 3.63) is 36.3 Å². The molecular weight excluding hydrogens is 361 g/mol. The first-order valence-electron chi connectivity index (χ1n) is 6.69. The molecule has 0 saturated carbocycles. The lowest BCUT2D eigenvalue weighted by molar-refractivity contribution is -0.142. The van der Waals surface area contributed by atoms with Gasteiger partial charge >= 0.3 is 6.18 Å². The Bertz CT molecular complexity index is 1080. The predicted octanol–water partition coefficient (Wildman–Crippen LogP) is 1.99. The highest BCUT2D eigenvalue weighted by Crippen LogP contribution is 2.25. The Labute approximate surface area is 139 Å². The lowest BCUT2D eigenvalue weighted by Crippen LogP contribution is -2.18. The van der Waals surface area contributed by atoms with Crippen LogP contribution in [0.3, 0.4) is 0 Å². The summed E-state index contributed by atoms with van der Waals surface area (Å²) in [6.45, 7) is -1.44. The highest BCUT2D eigenvalue weighted by atomic mass is 32.2. The number of hydrogen-bond acceptors (Lipinski definition) is 5. The predicted molar refractivity (Wildman–Crippen MR) is 79.9 cm³/mol. The maximum absolute atomic E-state index is 12.5. The molecular formula is C13H9F3N6O2S. The Morgan fingerprint density at radius 2 is 2.16 bits per heavy atom. The van der Waals surface area contributed by atoms with Gasteiger partial charge in [0.1, 0.15) is 28.7 Å². The zero-order valence-electron chi connectivity index (χ0n) is 12.2. The summed E-state index contributed by atoms with van der Waals surface area (Å²) >= 11 is 0. The van der Waals surface area contributed by atoms with E-state index in [-0.39, 0.29) is 10.5 Å². The van der Waals surface area contributed by atoms with E-state index in [1.807, 2.05) is 4.72 Å². The molecule has 3 heterocycles. The Kier molecular flexibility index (Phi) is 3.88. The first-order valence-corrected chi connectivity index (χ1v) is 8.17. The summed E-state index contributed by atoms with van der Waals surface area (Å²) in [6, 6.07) is 4.66. The van der Waals surface area contributed by atoms with E-state index in [0.29, 0.717) is 15.7 Å². The van der Waals surface area contributed by atoms with Gasteiger partial charge in [0.15, 0.2) is 5.82 Å². The topological polar surface area (TPSA) is 116 Å². The summed E-state index contributed by atoms with van der Waals surface area (Å²) in [4.78, 5) is 6.47. The van der Waals surface area contributed by atoms with Crippen molar-refractivity contribution in [2.45, 2.75) is 17.6 Å². The van der Waals surface area contributed by atoms with Gasteiger partial charge in [-0.3, -0.25) is 9.40 Å². The highest BCUT2D eigenvalue weighted by Gasteiger charge is 2.30. The van der Waals surface area contributed by atoms with E-state index in [2.05, 4.69) is 15.1 Å². The fourth-order valence-electron chi connectivity index (χ4n) is 2.18. The van der Waals surface area contributed by atoms with E-state index in [1.165, 1.54) is 24.5 Å². The average Bonchev–Trinajstić information content (AvgIpc) is 3.09. The fourth-order valence-corrected chi connectivity index (χ4v) is 3.36. The molecule has 0 aromatic carbocycles. The van der Waals surface area contributed by atoms with E-state index < -0.39 is 28.6 Å². The Morgan fingerprint density at radius 3 is 2.84 bits per heavy atom. The summed E-state index contributed by atoms with van der Waals surface area (Å²) in [7, 11) is -4.19. The highest BCUT2D eigenvalue weighted by molar-refractivity contribution is 7.93. The number of rotatable bonds is 4. The van der Waals surface area contributed by atoms with Gasteiger partial charge in [-0.15, -0.1) is 0 Å². The molecule has 0 unspecified atom stereocenters. The first kappa shape index (κ1) is 16.8. The van der Waals surface area contributed by atoms with Crippen LogP contribution >= 0.6 is 0 Å². The third-order valence-corrected chi connectivity index (χ3v) is 4.54. The number of nitriles is 1. The molecule has 0 spiro atoms. The van der Waals surface area contributed by atoms with Crippen LogP contribution in [0.5, 0.6) is 0 Å². The summed E-state index contributed by atoms with van der Waals surface area (Å²) in [6.07, 6.45) is -1.08. The molecule has 0 aliphatic rings. The van der Waals surface area contributed by atoms with Crippen LogP contribution in [-0.2, 0) is 16.6 Å². The number of sulfonamides is 1. The quantitative estimate of drug-likeness (QED) is 0.728. The molecule has 3 aromatic rings. The maximum atomic E-state index is 12.5. The van der Waals surface area contributed by atoms with Gasteiger partial charge in [-0.2, -0.15) is 23.5 Å². The monoisotopic (exact) mass is 370 g/mol. The molecule has 12 heteroatoms. The number of halogens is 3. The second-order valence-corrected chi connectivity index (χ2v) is 6.62. The zero-order chi connectivity index (χ0) is 18.2. The van der Waals surface area contributed by atoms with E-state index >= 15 is 0 Å². The molecule has 0 atom stereocenters. The molecule has 0 amide bonds. The normalized spacial score (nSPS) is 12.2. The number of aromatic amines is 1. The number of nitrogens with zero attached hydrogens (tertiary/aromatic N) is 4. The molecule has 130 valence electrons. The number of H-pyrrole nitrogens is 1. The lowest BCUT2D eigenvalue weighted by Gasteiger charge is -2.06. The van der Waals surface area contributed by atoms with Crippen molar-refractivity contribution in [3.8, 4) is 6.07 Å². The number of fused-ring (bicyclic) bond motifs is 1. The minimum atomic E-state index is -4.56. The molecule has 8 nitrogen and oxygen atoms in total. The van der Waals surface area contributed by atoms with E-state index in [1.54, 1.807) is 6.07 Å². The first-order chi connectivity index (χ1) is 11.7. The Morgan fingerprint density at radius 1 is 1.40 bits per heavy atom. The van der Waals surface area contributed by atoms with Crippen molar-refractivity contribution in [2.24, 2.45) is 0 Å². The molecule has 0 bridgehead atoms. The van der Waals surface area contributed by atoms with Gasteiger partial charge < -0.3 is 4.98 Å². The Balaban J connectivity index is 1.97. The SMILES string of the molecule is N#Cc1cn(CC(F)(F)F)nc1NS(=O)(=O)c1c[nH]c2ncccc12. The van der Waals surface area contributed by atoms with Crippen LogP contribution in [0, 0.1) is 11.3 Å². The van der Waals surface area contributed by atoms with Crippen LogP contribution in [0.25, 0.3) is 11.0 Å². The van der Waals surface area contributed by atoms with Crippen LogP contribution in [-0.4, -0.2) is 34.3 Å². The van der Waals surface area contributed by atoms with Crippen molar-refractivity contribution in [1.29, 1.82) is 5.26 Å². The molecule has 0 aliphatic heterocycles. The van der Waals surface area contributed by atoms with Gasteiger partial charge in [-0.25, -0.2) is 13.4 Å². The third kappa shape index (κ3) is 3.41. The third-order valence-electron chi connectivity index (χ3n) is 3.16. The van der Waals surface area contributed by atoms with Gasteiger partial charge in [-0.05, 0) is 12.1 Å². The molecule has 0 fully saturated rings. The number of nitrogens with one attached hydrogen (secondary N) is 2. The minimum absolute atomic E-state index is 0.162. The molecule has 25 heavy (non-hydrogen) atoms. The van der Waals surface area contributed by atoms with E-state index in [0.717, 1.165) is 6.20 Å². The smallest absolute Gasteiger partial charge is 0.345 e. The fraction of sp³-hybridized carbons (Fsp3) is 0.154. The molecule has 3 rings (SSSR count). The van der Waals surface area contributed by atoms with Gasteiger partial charge in [0.25, 0.3) is 10.0 Å². The molecule has 0 aliphatic carbocycles. The van der Waals surface area contributed by atoms with Crippen LogP contribution in [0.15, 0.2) is 35.6 Å². The Hall–Kier alpha value is -3.07. The summed E-state index contributed by atoms with van der Waals surface area (Å²) < 4.78 is 64.8. The second-order valence-electron chi connectivity index (χ2n) is 4.97. The standard InChI is InChI=1S/C13H9F3N6O2S/c14-13(15,16)7-22-6-8(4-17)11(20-22)21-25(23,24)10-5-19-12-9(10)2-1-3-18-12/h1-3,5-6H,7H2,(H,18,19)(H,20,21). The van der Waals surface area contributed by atoms with Crippen LogP contribution < -0.4 is 4.72 Å². The second kappa shape index (κ2) is 5.78. The van der Waals surface area contributed by atoms with Crippen LogP contribution in [0.1, 0.15) is 5.56 Å². The summed E-state index contributed by atoms with van der Waals surface area (Å²) in [5.74, 6) is -0.481. The van der Waals surface area contributed by atoms with Gasteiger partial charge in [0.05, 0.1) is 0 Å². The van der Waals surface area contributed by atoms with Gasteiger partial charge in [-0.1, -0.05) is 0 Å². The minimum Gasteiger partial charge on any atom is -0.345 e. The molecule has 0 saturated heterocycles. The largest absolute Gasteiger partial charge is 0.408 e.